The lowest BCUT2D eigenvalue weighted by atomic mass is 9.99. The topological polar surface area (TPSA) is 20.2 Å². The monoisotopic (exact) mass is 240 g/mol. The van der Waals surface area contributed by atoms with Gasteiger partial charge in [-0.3, -0.25) is 0 Å². The second kappa shape index (κ2) is 6.36. The average molecular weight is 240 g/mol. The maximum absolute atomic E-state index is 10.1. The molecule has 0 aromatic heterocycles. The highest BCUT2D eigenvalue weighted by atomic mass is 16.3. The summed E-state index contributed by atoms with van der Waals surface area (Å²) >= 11 is 0. The van der Waals surface area contributed by atoms with Gasteiger partial charge in [0.2, 0.25) is 0 Å². The molecule has 1 atom stereocenters. The third-order valence-electron chi connectivity index (χ3n) is 3.37. The van der Waals surface area contributed by atoms with E-state index in [2.05, 4.69) is 31.2 Å². The van der Waals surface area contributed by atoms with E-state index in [9.17, 15) is 5.11 Å². The van der Waals surface area contributed by atoms with E-state index in [4.69, 9.17) is 0 Å². The highest BCUT2D eigenvalue weighted by molar-refractivity contribution is 5.25. The van der Waals surface area contributed by atoms with Crippen LogP contribution in [0.4, 0.5) is 0 Å². The van der Waals surface area contributed by atoms with E-state index < -0.39 is 0 Å². The molecule has 0 aliphatic carbocycles. The smallest absolute Gasteiger partial charge is 0.0790 e. The Kier molecular flexibility index (Phi) is 4.54. The molecule has 0 spiro atoms. The molecule has 0 radical (unpaired) electrons. The molecule has 94 valence electrons. The molecule has 0 amide bonds. The van der Waals surface area contributed by atoms with E-state index in [1.54, 1.807) is 0 Å². The molecular formula is C17H20O. The quantitative estimate of drug-likeness (QED) is 0.836. The van der Waals surface area contributed by atoms with Gasteiger partial charge in [-0.25, -0.2) is 0 Å². The van der Waals surface area contributed by atoms with Crippen molar-refractivity contribution in [3.63, 3.8) is 0 Å². The summed E-state index contributed by atoms with van der Waals surface area (Å²) in [5, 5.41) is 10.1. The molecule has 2 aromatic rings. The van der Waals surface area contributed by atoms with Gasteiger partial charge in [0, 0.05) is 0 Å². The first-order chi connectivity index (χ1) is 8.77. The van der Waals surface area contributed by atoms with Gasteiger partial charge in [0.1, 0.15) is 0 Å². The van der Waals surface area contributed by atoms with E-state index in [1.807, 2.05) is 30.3 Å². The first-order valence-electron chi connectivity index (χ1n) is 6.55. The molecule has 0 fully saturated rings. The Labute approximate surface area is 109 Å². The largest absolute Gasteiger partial charge is 0.388 e. The number of aliphatic hydroxyl groups excluding tert-OH is 1. The molecule has 1 unspecified atom stereocenters. The van der Waals surface area contributed by atoms with Crippen molar-refractivity contribution in [1.82, 2.24) is 0 Å². The number of rotatable bonds is 5. The molecular weight excluding hydrogens is 220 g/mol. The molecule has 0 aliphatic heterocycles. The Morgan fingerprint density at radius 3 is 2.33 bits per heavy atom. The first-order valence-corrected chi connectivity index (χ1v) is 6.55. The van der Waals surface area contributed by atoms with Gasteiger partial charge in [-0.05, 0) is 42.9 Å². The summed E-state index contributed by atoms with van der Waals surface area (Å²) in [5.74, 6) is 0. The molecule has 1 nitrogen and oxygen atoms in total. The van der Waals surface area contributed by atoms with E-state index in [0.717, 1.165) is 24.8 Å². The van der Waals surface area contributed by atoms with Crippen LogP contribution in [-0.2, 0) is 6.42 Å². The Hall–Kier alpha value is -1.60. The fourth-order valence-electron chi connectivity index (χ4n) is 2.22. The van der Waals surface area contributed by atoms with Crippen LogP contribution in [-0.4, -0.2) is 5.11 Å². The van der Waals surface area contributed by atoms with E-state index in [1.165, 1.54) is 11.1 Å². The maximum atomic E-state index is 10.1. The van der Waals surface area contributed by atoms with Crippen LogP contribution in [0.5, 0.6) is 0 Å². The predicted molar refractivity (Wildman–Crippen MR) is 75.5 cm³/mol. The summed E-state index contributed by atoms with van der Waals surface area (Å²) in [7, 11) is 0. The zero-order valence-electron chi connectivity index (χ0n) is 10.8. The van der Waals surface area contributed by atoms with Gasteiger partial charge in [0.25, 0.3) is 0 Å². The number of aryl methyl sites for hydroxylation is 2. The molecule has 2 aromatic carbocycles. The molecule has 0 saturated carbocycles. The summed E-state index contributed by atoms with van der Waals surface area (Å²) in [5.41, 5.74) is 3.74. The number of benzene rings is 2. The minimum Gasteiger partial charge on any atom is -0.388 e. The average Bonchev–Trinajstić information content (AvgIpc) is 2.42. The molecule has 2 rings (SSSR count). The summed E-state index contributed by atoms with van der Waals surface area (Å²) in [4.78, 5) is 0. The van der Waals surface area contributed by atoms with Gasteiger partial charge in [-0.15, -0.1) is 0 Å². The minimum absolute atomic E-state index is 0.338. The standard InChI is InChI=1S/C17H20O/c1-14-8-5-6-9-15(14)12-7-13-17(18)16-10-3-2-4-11-16/h2-6,8-11,17-18H,7,12-13H2,1H3. The van der Waals surface area contributed by atoms with E-state index in [-0.39, 0.29) is 6.10 Å². The van der Waals surface area contributed by atoms with Gasteiger partial charge < -0.3 is 5.11 Å². The van der Waals surface area contributed by atoms with Crippen LogP contribution < -0.4 is 0 Å². The predicted octanol–water partition coefficient (Wildman–Crippen LogP) is 4.05. The second-order valence-electron chi connectivity index (χ2n) is 4.75. The van der Waals surface area contributed by atoms with Gasteiger partial charge in [-0.2, -0.15) is 0 Å². The van der Waals surface area contributed by atoms with Gasteiger partial charge in [0.05, 0.1) is 6.10 Å². The Bertz CT molecular complexity index is 476. The fraction of sp³-hybridized carbons (Fsp3) is 0.294. The van der Waals surface area contributed by atoms with Crippen molar-refractivity contribution in [3.8, 4) is 0 Å². The zero-order chi connectivity index (χ0) is 12.8. The van der Waals surface area contributed by atoms with Crippen molar-refractivity contribution in [3.05, 3.63) is 71.3 Å². The van der Waals surface area contributed by atoms with Crippen molar-refractivity contribution < 1.29 is 5.11 Å². The van der Waals surface area contributed by atoms with Crippen LogP contribution in [0.15, 0.2) is 54.6 Å². The normalized spacial score (nSPS) is 12.3. The maximum Gasteiger partial charge on any atom is 0.0790 e. The van der Waals surface area contributed by atoms with Crippen molar-refractivity contribution in [1.29, 1.82) is 0 Å². The van der Waals surface area contributed by atoms with Crippen LogP contribution >= 0.6 is 0 Å². The Balaban J connectivity index is 1.84. The summed E-state index contributed by atoms with van der Waals surface area (Å²) in [6, 6.07) is 18.3. The molecule has 18 heavy (non-hydrogen) atoms. The molecule has 1 N–H and O–H groups in total. The molecule has 1 heteroatoms. The van der Waals surface area contributed by atoms with Crippen LogP contribution in [0.3, 0.4) is 0 Å². The number of aliphatic hydroxyl groups is 1. The van der Waals surface area contributed by atoms with Crippen LogP contribution in [0.25, 0.3) is 0 Å². The van der Waals surface area contributed by atoms with E-state index in [0.29, 0.717) is 0 Å². The fourth-order valence-corrected chi connectivity index (χ4v) is 2.22. The van der Waals surface area contributed by atoms with Crippen molar-refractivity contribution in [2.24, 2.45) is 0 Å². The molecule has 0 bridgehead atoms. The highest BCUT2D eigenvalue weighted by Gasteiger charge is 2.06. The Morgan fingerprint density at radius 1 is 0.944 bits per heavy atom. The molecule has 0 aliphatic rings. The van der Waals surface area contributed by atoms with Crippen molar-refractivity contribution in [2.75, 3.05) is 0 Å². The van der Waals surface area contributed by atoms with Crippen LogP contribution in [0, 0.1) is 6.92 Å². The molecule has 0 heterocycles. The third-order valence-corrected chi connectivity index (χ3v) is 3.37. The highest BCUT2D eigenvalue weighted by Crippen LogP contribution is 2.19. The van der Waals surface area contributed by atoms with Crippen LogP contribution in [0.2, 0.25) is 0 Å². The van der Waals surface area contributed by atoms with Crippen molar-refractivity contribution in [2.45, 2.75) is 32.3 Å². The summed E-state index contributed by atoms with van der Waals surface area (Å²) < 4.78 is 0. The Morgan fingerprint density at radius 2 is 1.61 bits per heavy atom. The van der Waals surface area contributed by atoms with Gasteiger partial charge in [0.15, 0.2) is 0 Å². The second-order valence-corrected chi connectivity index (χ2v) is 4.75. The molecule has 0 saturated heterocycles. The number of hydrogen-bond acceptors (Lipinski definition) is 1. The lowest BCUT2D eigenvalue weighted by molar-refractivity contribution is 0.164. The van der Waals surface area contributed by atoms with E-state index >= 15 is 0 Å². The van der Waals surface area contributed by atoms with Crippen LogP contribution in [0.1, 0.15) is 35.6 Å². The summed E-state index contributed by atoms with van der Waals surface area (Å²) in [6.45, 7) is 2.14. The minimum atomic E-state index is -0.338. The number of hydrogen-bond donors (Lipinski definition) is 1. The van der Waals surface area contributed by atoms with Crippen molar-refractivity contribution >= 4 is 0 Å². The zero-order valence-corrected chi connectivity index (χ0v) is 10.8. The summed E-state index contributed by atoms with van der Waals surface area (Å²) in [6.07, 6.45) is 2.53. The SMILES string of the molecule is Cc1ccccc1CCCC(O)c1ccccc1. The lowest BCUT2D eigenvalue weighted by Crippen LogP contribution is -1.98. The lowest BCUT2D eigenvalue weighted by Gasteiger charge is -2.11. The third kappa shape index (κ3) is 3.44. The van der Waals surface area contributed by atoms with Gasteiger partial charge in [-0.1, -0.05) is 54.6 Å². The first kappa shape index (κ1) is 12.8. The van der Waals surface area contributed by atoms with Gasteiger partial charge >= 0.3 is 0 Å².